The minimum atomic E-state index is -1.40. The number of benzene rings is 1. The number of nitrogens with zero attached hydrogens (tertiary/aromatic N) is 2. The molecule has 2 aromatic heterocycles. The lowest BCUT2D eigenvalue weighted by atomic mass is 9.96. The van der Waals surface area contributed by atoms with Gasteiger partial charge in [-0.25, -0.2) is 13.8 Å². The average molecular weight is 489 g/mol. The molecule has 1 amide bonds. The Morgan fingerprint density at radius 1 is 1.24 bits per heavy atom. The number of nitrogens with one attached hydrogen (secondary N) is 1. The molecule has 0 unspecified atom stereocenters. The van der Waals surface area contributed by atoms with Gasteiger partial charge in [-0.2, -0.15) is 0 Å². The summed E-state index contributed by atoms with van der Waals surface area (Å²) in [7, 11) is 0. The number of thiophene rings is 1. The molecule has 7 nitrogen and oxygen atoms in total. The lowest BCUT2D eigenvalue weighted by Crippen LogP contribution is -2.35. The molecule has 4 rings (SSSR count). The van der Waals surface area contributed by atoms with E-state index in [9.17, 15) is 18.7 Å². The number of primary amides is 1. The third kappa shape index (κ3) is 5.41. The van der Waals surface area contributed by atoms with Crippen LogP contribution in [0.5, 0.6) is 0 Å². The van der Waals surface area contributed by atoms with Crippen molar-refractivity contribution in [3.63, 3.8) is 0 Å². The molecule has 10 heteroatoms. The van der Waals surface area contributed by atoms with E-state index in [1.807, 2.05) is 12.1 Å². The number of aliphatic hydroxyl groups is 1. The van der Waals surface area contributed by atoms with E-state index >= 15 is 0 Å². The summed E-state index contributed by atoms with van der Waals surface area (Å²) in [6.45, 7) is 6.55. The van der Waals surface area contributed by atoms with Crippen LogP contribution < -0.4 is 11.1 Å². The summed E-state index contributed by atoms with van der Waals surface area (Å²) >= 11 is 0.998. The number of ether oxygens (including phenoxy) is 1. The molecule has 0 radical (unpaired) electrons. The van der Waals surface area contributed by atoms with Gasteiger partial charge in [-0.3, -0.25) is 9.69 Å². The SMILES string of the molecule is CC(C)(O)c1cc(F)c(-c2cc(C(N)=O)c(Nc3cccc(CN4CCOCC4)n3)s2)c(F)c1. The lowest BCUT2D eigenvalue weighted by Gasteiger charge is -2.26. The van der Waals surface area contributed by atoms with Gasteiger partial charge in [0.25, 0.3) is 5.91 Å². The van der Waals surface area contributed by atoms with Crippen molar-refractivity contribution in [3.05, 3.63) is 64.9 Å². The van der Waals surface area contributed by atoms with Gasteiger partial charge in [-0.05, 0) is 49.7 Å². The first-order valence-electron chi connectivity index (χ1n) is 10.8. The van der Waals surface area contributed by atoms with Crippen LogP contribution in [0.15, 0.2) is 36.4 Å². The standard InChI is InChI=1S/C24H26F2N4O3S/c1-24(2,32)14-10-17(25)21(18(26)11-14)19-12-16(22(27)31)23(34-19)29-20-5-3-4-15(28-20)13-30-6-8-33-9-7-30/h3-5,10-12,32H,6-9,13H2,1-2H3,(H2,27,31)(H,28,29). The van der Waals surface area contributed by atoms with E-state index in [4.69, 9.17) is 10.5 Å². The molecule has 0 saturated carbocycles. The summed E-state index contributed by atoms with van der Waals surface area (Å²) in [6.07, 6.45) is 0. The number of rotatable bonds is 7. The van der Waals surface area contributed by atoms with Gasteiger partial charge in [-0.15, -0.1) is 11.3 Å². The Balaban J connectivity index is 1.63. The average Bonchev–Trinajstić information content (AvgIpc) is 3.17. The maximum Gasteiger partial charge on any atom is 0.251 e. The molecule has 0 atom stereocenters. The van der Waals surface area contributed by atoms with E-state index in [0.717, 1.165) is 42.3 Å². The molecule has 34 heavy (non-hydrogen) atoms. The second-order valence-corrected chi connectivity index (χ2v) is 9.67. The van der Waals surface area contributed by atoms with E-state index in [0.29, 0.717) is 30.6 Å². The van der Waals surface area contributed by atoms with Gasteiger partial charge >= 0.3 is 0 Å². The maximum absolute atomic E-state index is 14.9. The number of nitrogens with two attached hydrogens (primary N) is 1. The van der Waals surface area contributed by atoms with Crippen LogP contribution in [0.2, 0.25) is 0 Å². The molecule has 3 heterocycles. The first kappa shape index (κ1) is 24.2. The van der Waals surface area contributed by atoms with Crippen LogP contribution in [0.1, 0.15) is 35.5 Å². The summed E-state index contributed by atoms with van der Waals surface area (Å²) in [5, 5.41) is 13.5. The van der Waals surface area contributed by atoms with Crippen LogP contribution in [0.3, 0.4) is 0 Å². The quantitative estimate of drug-likeness (QED) is 0.465. The minimum Gasteiger partial charge on any atom is -0.386 e. The molecule has 180 valence electrons. The Morgan fingerprint density at radius 3 is 2.53 bits per heavy atom. The largest absolute Gasteiger partial charge is 0.386 e. The summed E-state index contributed by atoms with van der Waals surface area (Å²) in [4.78, 5) is 19.1. The van der Waals surface area contributed by atoms with E-state index in [-0.39, 0.29) is 21.6 Å². The number of pyridine rings is 1. The number of aromatic nitrogens is 1. The molecule has 1 aliphatic rings. The molecule has 0 bridgehead atoms. The van der Waals surface area contributed by atoms with E-state index in [1.165, 1.54) is 19.9 Å². The molecule has 1 aromatic carbocycles. The fraction of sp³-hybridized carbons (Fsp3) is 0.333. The highest BCUT2D eigenvalue weighted by Crippen LogP contribution is 2.40. The van der Waals surface area contributed by atoms with Gasteiger partial charge in [0.15, 0.2) is 0 Å². The number of morpholine rings is 1. The summed E-state index contributed by atoms with van der Waals surface area (Å²) in [5.74, 6) is -1.93. The second kappa shape index (κ2) is 9.75. The summed E-state index contributed by atoms with van der Waals surface area (Å²) < 4.78 is 35.1. The highest BCUT2D eigenvalue weighted by Gasteiger charge is 2.24. The zero-order chi connectivity index (χ0) is 24.5. The van der Waals surface area contributed by atoms with Gasteiger partial charge in [0, 0.05) is 24.5 Å². The molecule has 3 aromatic rings. The summed E-state index contributed by atoms with van der Waals surface area (Å²) in [6, 6.07) is 9.03. The van der Waals surface area contributed by atoms with Crippen molar-refractivity contribution < 1.29 is 23.4 Å². The second-order valence-electron chi connectivity index (χ2n) is 8.62. The van der Waals surface area contributed by atoms with Gasteiger partial charge in [0.1, 0.15) is 22.5 Å². The topological polar surface area (TPSA) is 101 Å². The Hall–Kier alpha value is -2.92. The summed E-state index contributed by atoms with van der Waals surface area (Å²) in [5.41, 5.74) is 4.89. The number of amides is 1. The lowest BCUT2D eigenvalue weighted by molar-refractivity contribution is 0.0337. The molecule has 1 fully saturated rings. The van der Waals surface area contributed by atoms with E-state index in [1.54, 1.807) is 6.07 Å². The maximum atomic E-state index is 14.9. The number of hydrogen-bond acceptors (Lipinski definition) is 7. The predicted molar refractivity (Wildman–Crippen MR) is 127 cm³/mol. The molecule has 0 spiro atoms. The number of anilines is 2. The Kier molecular flexibility index (Phi) is 6.94. The van der Waals surface area contributed by atoms with Gasteiger partial charge in [0.05, 0.1) is 35.6 Å². The van der Waals surface area contributed by atoms with Crippen molar-refractivity contribution >= 4 is 28.1 Å². The number of halogens is 2. The van der Waals surface area contributed by atoms with Gasteiger partial charge < -0.3 is 20.9 Å². The van der Waals surface area contributed by atoms with E-state index in [2.05, 4.69) is 15.2 Å². The Morgan fingerprint density at radius 2 is 1.91 bits per heavy atom. The first-order valence-corrected chi connectivity index (χ1v) is 11.6. The normalized spacial score (nSPS) is 14.9. The van der Waals surface area contributed by atoms with Crippen LogP contribution in [-0.2, 0) is 16.9 Å². The van der Waals surface area contributed by atoms with Crippen LogP contribution in [0.25, 0.3) is 10.4 Å². The molecule has 1 saturated heterocycles. The Labute approximate surface area is 200 Å². The molecule has 0 aliphatic carbocycles. The van der Waals surface area contributed by atoms with Crippen LogP contribution in [-0.4, -0.2) is 47.2 Å². The van der Waals surface area contributed by atoms with Gasteiger partial charge in [0.2, 0.25) is 0 Å². The monoisotopic (exact) mass is 488 g/mol. The molecule has 4 N–H and O–H groups in total. The fourth-order valence-corrected chi connectivity index (χ4v) is 4.81. The number of carbonyl (C=O) groups excluding carboxylic acids is 1. The van der Waals surface area contributed by atoms with Crippen LogP contribution >= 0.6 is 11.3 Å². The zero-order valence-electron chi connectivity index (χ0n) is 18.9. The molecular weight excluding hydrogens is 462 g/mol. The van der Waals surface area contributed by atoms with Gasteiger partial charge in [-0.1, -0.05) is 6.07 Å². The number of carbonyl (C=O) groups is 1. The highest BCUT2D eigenvalue weighted by molar-refractivity contribution is 7.20. The third-order valence-electron chi connectivity index (χ3n) is 5.53. The van der Waals surface area contributed by atoms with Crippen LogP contribution in [0.4, 0.5) is 19.6 Å². The van der Waals surface area contributed by atoms with Crippen molar-refractivity contribution in [1.82, 2.24) is 9.88 Å². The number of hydrogen-bond donors (Lipinski definition) is 3. The predicted octanol–water partition coefficient (Wildman–Crippen LogP) is 3.99. The Bertz CT molecular complexity index is 1180. The molecule has 1 aliphatic heterocycles. The van der Waals surface area contributed by atoms with Crippen molar-refractivity contribution in [1.29, 1.82) is 0 Å². The fourth-order valence-electron chi connectivity index (χ4n) is 3.69. The van der Waals surface area contributed by atoms with Crippen molar-refractivity contribution in [2.45, 2.75) is 26.0 Å². The molecular formula is C24H26F2N4O3S. The zero-order valence-corrected chi connectivity index (χ0v) is 19.7. The van der Waals surface area contributed by atoms with Crippen molar-refractivity contribution in [3.8, 4) is 10.4 Å². The minimum absolute atomic E-state index is 0.103. The third-order valence-corrected chi connectivity index (χ3v) is 6.60. The van der Waals surface area contributed by atoms with Crippen molar-refractivity contribution in [2.75, 3.05) is 31.6 Å². The smallest absolute Gasteiger partial charge is 0.251 e. The van der Waals surface area contributed by atoms with Crippen molar-refractivity contribution in [2.24, 2.45) is 5.73 Å². The highest BCUT2D eigenvalue weighted by atomic mass is 32.1. The first-order chi connectivity index (χ1) is 16.1. The van der Waals surface area contributed by atoms with E-state index < -0.39 is 23.1 Å². The van der Waals surface area contributed by atoms with Crippen LogP contribution in [0, 0.1) is 11.6 Å².